The number of ether oxygens (including phenoxy) is 3. The van der Waals surface area contributed by atoms with Gasteiger partial charge in [-0.3, -0.25) is 9.36 Å². The Morgan fingerprint density at radius 3 is 2.49 bits per heavy atom. The van der Waals surface area contributed by atoms with Crippen LogP contribution in [0.15, 0.2) is 23.1 Å². The Hall–Kier alpha value is -4.21. The number of halogens is 4. The third kappa shape index (κ3) is 5.47. The summed E-state index contributed by atoms with van der Waals surface area (Å²) in [5.41, 5.74) is -1.76. The van der Waals surface area contributed by atoms with E-state index >= 15 is 4.39 Å². The number of carbonyl (C=O) groups excluding carboxylic acids is 1. The minimum absolute atomic E-state index is 0.0556. The van der Waals surface area contributed by atoms with Crippen LogP contribution in [-0.4, -0.2) is 61.8 Å². The SMILES string of the molecule is CCn1c(CO)nn(-c2nc(O[C@@H](C)C(F)(F)F)c(C(=O)Nc3c(OC)ccnc3OC)cc2F)c1=O. The first kappa shape index (κ1) is 27.4. The van der Waals surface area contributed by atoms with Crippen molar-refractivity contribution in [3.05, 3.63) is 46.0 Å². The van der Waals surface area contributed by atoms with Gasteiger partial charge in [-0.1, -0.05) is 0 Å². The van der Waals surface area contributed by atoms with Crippen molar-refractivity contribution in [2.24, 2.45) is 0 Å². The smallest absolute Gasteiger partial charge is 0.425 e. The van der Waals surface area contributed by atoms with Crippen LogP contribution in [-0.2, 0) is 13.2 Å². The Kier molecular flexibility index (Phi) is 8.00. The molecule has 16 heteroatoms. The van der Waals surface area contributed by atoms with Crippen molar-refractivity contribution in [3.63, 3.8) is 0 Å². The van der Waals surface area contributed by atoms with Crippen molar-refractivity contribution >= 4 is 11.6 Å². The number of alkyl halides is 3. The molecule has 37 heavy (non-hydrogen) atoms. The predicted molar refractivity (Wildman–Crippen MR) is 119 cm³/mol. The van der Waals surface area contributed by atoms with E-state index in [1.54, 1.807) is 6.92 Å². The van der Waals surface area contributed by atoms with Crippen molar-refractivity contribution in [1.82, 2.24) is 24.3 Å². The largest absolute Gasteiger partial charge is 0.494 e. The highest BCUT2D eigenvalue weighted by Gasteiger charge is 2.39. The van der Waals surface area contributed by atoms with Crippen molar-refractivity contribution in [2.75, 3.05) is 19.5 Å². The normalized spacial score (nSPS) is 12.2. The molecule has 12 nitrogen and oxygen atoms in total. The number of nitrogens with one attached hydrogen (secondary N) is 1. The number of aromatic nitrogens is 5. The molecule has 0 aliphatic heterocycles. The Bertz CT molecular complexity index is 1330. The zero-order valence-electron chi connectivity index (χ0n) is 20.0. The molecule has 0 aromatic carbocycles. The van der Waals surface area contributed by atoms with Gasteiger partial charge < -0.3 is 24.6 Å². The number of aliphatic hydroxyl groups is 1. The minimum atomic E-state index is -4.87. The lowest BCUT2D eigenvalue weighted by Crippen LogP contribution is -2.33. The first-order valence-corrected chi connectivity index (χ1v) is 10.6. The van der Waals surface area contributed by atoms with Crippen LogP contribution in [0.1, 0.15) is 30.0 Å². The summed E-state index contributed by atoms with van der Waals surface area (Å²) in [6.07, 6.45) is -6.02. The fourth-order valence-corrected chi connectivity index (χ4v) is 3.15. The summed E-state index contributed by atoms with van der Waals surface area (Å²) in [5, 5.41) is 15.6. The average molecular weight is 530 g/mol. The summed E-state index contributed by atoms with van der Waals surface area (Å²) in [6, 6.07) is 1.92. The van der Waals surface area contributed by atoms with Gasteiger partial charge in [0.25, 0.3) is 5.91 Å². The van der Waals surface area contributed by atoms with Gasteiger partial charge >= 0.3 is 11.9 Å². The van der Waals surface area contributed by atoms with Gasteiger partial charge in [-0.05, 0) is 19.9 Å². The third-order valence-corrected chi connectivity index (χ3v) is 5.04. The number of anilines is 1. The second-order valence-corrected chi connectivity index (χ2v) is 7.31. The zero-order chi connectivity index (χ0) is 27.5. The first-order valence-electron chi connectivity index (χ1n) is 10.6. The number of aliphatic hydroxyl groups excluding tert-OH is 1. The number of rotatable bonds is 9. The molecular weight excluding hydrogens is 508 g/mol. The number of hydrogen-bond acceptors (Lipinski definition) is 9. The fourth-order valence-electron chi connectivity index (χ4n) is 3.15. The van der Waals surface area contributed by atoms with E-state index in [1.165, 1.54) is 26.5 Å². The van der Waals surface area contributed by atoms with Crippen LogP contribution in [0.2, 0.25) is 0 Å². The molecule has 3 aromatic rings. The van der Waals surface area contributed by atoms with E-state index in [0.29, 0.717) is 17.7 Å². The Morgan fingerprint density at radius 2 is 1.95 bits per heavy atom. The molecule has 1 atom stereocenters. The summed E-state index contributed by atoms with van der Waals surface area (Å²) < 4.78 is 71.5. The molecule has 0 radical (unpaired) electrons. The van der Waals surface area contributed by atoms with Crippen molar-refractivity contribution in [2.45, 2.75) is 39.3 Å². The molecule has 0 saturated heterocycles. The number of carbonyl (C=O) groups is 1. The molecule has 0 bridgehead atoms. The van der Waals surface area contributed by atoms with Crippen LogP contribution in [0.5, 0.6) is 17.5 Å². The molecule has 3 rings (SSSR count). The highest BCUT2D eigenvalue weighted by Crippen LogP contribution is 2.34. The van der Waals surface area contributed by atoms with Crippen molar-refractivity contribution in [3.8, 4) is 23.3 Å². The first-order chi connectivity index (χ1) is 17.5. The van der Waals surface area contributed by atoms with Crippen LogP contribution >= 0.6 is 0 Å². The second kappa shape index (κ2) is 10.8. The minimum Gasteiger partial charge on any atom is -0.494 e. The fraction of sp³-hybridized carbons (Fsp3) is 0.381. The predicted octanol–water partition coefficient (Wildman–Crippen LogP) is 2.07. The van der Waals surface area contributed by atoms with Crippen molar-refractivity contribution < 1.29 is 41.7 Å². The number of amides is 1. The van der Waals surface area contributed by atoms with Gasteiger partial charge in [-0.15, -0.1) is 5.10 Å². The van der Waals surface area contributed by atoms with E-state index in [0.717, 1.165) is 4.57 Å². The monoisotopic (exact) mass is 530 g/mol. The van der Waals surface area contributed by atoms with Crippen LogP contribution in [0.4, 0.5) is 23.2 Å². The van der Waals surface area contributed by atoms with E-state index < -0.39 is 53.6 Å². The molecular formula is C21H22F4N6O6. The summed E-state index contributed by atoms with van der Waals surface area (Å²) in [4.78, 5) is 33.3. The molecule has 0 aliphatic rings. The molecule has 3 aromatic heterocycles. The lowest BCUT2D eigenvalue weighted by atomic mass is 10.2. The summed E-state index contributed by atoms with van der Waals surface area (Å²) in [5.74, 6) is -4.36. The van der Waals surface area contributed by atoms with E-state index in [2.05, 4.69) is 20.4 Å². The maximum atomic E-state index is 15.2. The summed E-state index contributed by atoms with van der Waals surface area (Å²) in [6.45, 7) is 1.59. The zero-order valence-corrected chi connectivity index (χ0v) is 20.0. The van der Waals surface area contributed by atoms with Gasteiger partial charge in [0.1, 0.15) is 23.6 Å². The Labute approximate surface area is 206 Å². The molecule has 2 N–H and O–H groups in total. The topological polar surface area (TPSA) is 143 Å². The van der Waals surface area contributed by atoms with Gasteiger partial charge in [0.05, 0.1) is 14.2 Å². The molecule has 0 saturated carbocycles. The van der Waals surface area contributed by atoms with Crippen molar-refractivity contribution in [1.29, 1.82) is 0 Å². The lowest BCUT2D eigenvalue weighted by Gasteiger charge is -2.20. The van der Waals surface area contributed by atoms with Gasteiger partial charge in [-0.2, -0.15) is 22.8 Å². The van der Waals surface area contributed by atoms with Gasteiger partial charge in [0.15, 0.2) is 23.6 Å². The molecule has 1 amide bonds. The van der Waals surface area contributed by atoms with Crippen LogP contribution in [0, 0.1) is 5.82 Å². The number of pyridine rings is 2. The Balaban J connectivity index is 2.17. The highest BCUT2D eigenvalue weighted by atomic mass is 19.4. The molecule has 0 unspecified atom stereocenters. The molecule has 0 spiro atoms. The summed E-state index contributed by atoms with van der Waals surface area (Å²) in [7, 11) is 2.54. The highest BCUT2D eigenvalue weighted by molar-refractivity contribution is 6.07. The van der Waals surface area contributed by atoms with E-state index in [9.17, 15) is 27.9 Å². The summed E-state index contributed by atoms with van der Waals surface area (Å²) >= 11 is 0. The standard InChI is InChI=1S/C21H22F4N6O6/c1-5-30-14(9-32)29-31(20(30)34)16-12(22)8-11(18(28-16)37-10(2)21(23,24)25)17(33)27-15-13(35-3)6-7-26-19(15)36-4/h6-8,10,32H,5,9H2,1-4H3,(H,27,33)/t10-/m0/s1. The Morgan fingerprint density at radius 1 is 1.24 bits per heavy atom. The molecule has 0 aliphatic carbocycles. The second-order valence-electron chi connectivity index (χ2n) is 7.31. The van der Waals surface area contributed by atoms with Gasteiger partial charge in [0, 0.05) is 18.8 Å². The molecule has 3 heterocycles. The third-order valence-electron chi connectivity index (χ3n) is 5.04. The lowest BCUT2D eigenvalue weighted by molar-refractivity contribution is -0.190. The number of nitrogens with zero attached hydrogens (tertiary/aromatic N) is 5. The average Bonchev–Trinajstić information content (AvgIpc) is 3.19. The van der Waals surface area contributed by atoms with Crippen LogP contribution in [0.3, 0.4) is 0 Å². The number of hydrogen-bond donors (Lipinski definition) is 2. The molecule has 200 valence electrons. The van der Waals surface area contributed by atoms with E-state index in [4.69, 9.17) is 14.2 Å². The maximum Gasteiger partial charge on any atom is 0.425 e. The quantitative estimate of drug-likeness (QED) is 0.398. The molecule has 0 fully saturated rings. The van der Waals surface area contributed by atoms with Crippen LogP contribution < -0.4 is 25.2 Å². The maximum absolute atomic E-state index is 15.2. The number of methoxy groups -OCH3 is 2. The van der Waals surface area contributed by atoms with Gasteiger partial charge in [0.2, 0.25) is 11.8 Å². The van der Waals surface area contributed by atoms with Gasteiger partial charge in [-0.25, -0.2) is 14.2 Å². The van der Waals surface area contributed by atoms with Crippen LogP contribution in [0.25, 0.3) is 5.82 Å². The van der Waals surface area contributed by atoms with E-state index in [-0.39, 0.29) is 29.7 Å². The van der Waals surface area contributed by atoms with E-state index in [1.807, 2.05) is 0 Å².